The molecular weight excluding hydrogens is 170 g/mol. The Labute approximate surface area is 76.1 Å². The van der Waals surface area contributed by atoms with Gasteiger partial charge < -0.3 is 0 Å². The van der Waals surface area contributed by atoms with E-state index in [9.17, 15) is 4.79 Å². The molecule has 5 nitrogen and oxygen atoms in total. The highest BCUT2D eigenvalue weighted by Gasteiger charge is 1.97. The van der Waals surface area contributed by atoms with Crippen LogP contribution in [0.4, 0.5) is 0 Å². The van der Waals surface area contributed by atoms with Crippen molar-refractivity contribution in [1.29, 1.82) is 0 Å². The maximum absolute atomic E-state index is 10.4. The Morgan fingerprint density at radius 1 is 1.69 bits per heavy atom. The van der Waals surface area contributed by atoms with Gasteiger partial charge >= 0.3 is 0 Å². The summed E-state index contributed by atoms with van der Waals surface area (Å²) < 4.78 is 0. The maximum atomic E-state index is 10.4. The van der Waals surface area contributed by atoms with Gasteiger partial charge in [0.25, 0.3) is 0 Å². The predicted molar refractivity (Wildman–Crippen MR) is 45.4 cm³/mol. The van der Waals surface area contributed by atoms with Crippen molar-refractivity contribution in [3.8, 4) is 0 Å². The summed E-state index contributed by atoms with van der Waals surface area (Å²) in [5.41, 5.74) is 3.07. The van der Waals surface area contributed by atoms with E-state index in [0.29, 0.717) is 5.82 Å². The zero-order valence-electron chi connectivity index (χ0n) is 7.57. The Morgan fingerprint density at radius 3 is 3.08 bits per heavy atom. The van der Waals surface area contributed by atoms with E-state index < -0.39 is 0 Å². The molecule has 0 saturated carbocycles. The molecule has 1 aromatic rings. The molecule has 0 bridgehead atoms. The largest absolute Gasteiger partial charge is 0.273 e. The highest BCUT2D eigenvalue weighted by Crippen LogP contribution is 1.94. The summed E-state index contributed by atoms with van der Waals surface area (Å²) >= 11 is 0. The number of hydrogen-bond donors (Lipinski definition) is 1. The molecule has 1 rings (SSSR count). The van der Waals surface area contributed by atoms with Crippen LogP contribution in [0.5, 0.6) is 0 Å². The smallest absolute Gasteiger partial charge is 0.240 e. The third-order valence-corrected chi connectivity index (χ3v) is 1.26. The Morgan fingerprint density at radius 2 is 2.46 bits per heavy atom. The van der Waals surface area contributed by atoms with E-state index in [1.807, 2.05) is 6.92 Å². The quantitative estimate of drug-likeness (QED) is 0.683. The lowest BCUT2D eigenvalue weighted by molar-refractivity contribution is -0.132. The number of hydroxylamine groups is 1. The van der Waals surface area contributed by atoms with E-state index in [1.54, 1.807) is 12.3 Å². The third-order valence-electron chi connectivity index (χ3n) is 1.26. The molecular formula is C8H11N3O2. The van der Waals surface area contributed by atoms with Crippen LogP contribution in [0.1, 0.15) is 18.4 Å². The minimum absolute atomic E-state index is 0.182. The summed E-state index contributed by atoms with van der Waals surface area (Å²) in [6, 6.07) is 1.79. The molecule has 13 heavy (non-hydrogen) atoms. The van der Waals surface area contributed by atoms with Gasteiger partial charge in [-0.15, -0.1) is 0 Å². The first-order valence-electron chi connectivity index (χ1n) is 3.85. The number of carbonyl (C=O) groups excluding carboxylic acids is 1. The van der Waals surface area contributed by atoms with Crippen molar-refractivity contribution < 1.29 is 9.63 Å². The molecule has 0 unspecified atom stereocenters. The van der Waals surface area contributed by atoms with Crippen molar-refractivity contribution in [3.63, 3.8) is 0 Å². The molecule has 0 aromatic carbocycles. The molecule has 0 aliphatic heterocycles. The van der Waals surface area contributed by atoms with Crippen molar-refractivity contribution in [3.05, 3.63) is 23.8 Å². The Hall–Kier alpha value is -1.49. The highest BCUT2D eigenvalue weighted by atomic mass is 16.6. The second-order valence-electron chi connectivity index (χ2n) is 2.56. The van der Waals surface area contributed by atoms with Gasteiger partial charge in [0.15, 0.2) is 5.82 Å². The number of aromatic nitrogens is 2. The van der Waals surface area contributed by atoms with Gasteiger partial charge in [-0.05, 0) is 13.0 Å². The highest BCUT2D eigenvalue weighted by molar-refractivity contribution is 5.71. The fourth-order valence-corrected chi connectivity index (χ4v) is 0.773. The number of carbonyl (C=O) groups is 1. The van der Waals surface area contributed by atoms with E-state index >= 15 is 0 Å². The minimum atomic E-state index is -0.243. The van der Waals surface area contributed by atoms with E-state index in [4.69, 9.17) is 4.84 Å². The molecule has 70 valence electrons. The van der Waals surface area contributed by atoms with Gasteiger partial charge in [-0.25, -0.2) is 15.4 Å². The van der Waals surface area contributed by atoms with Gasteiger partial charge in [0.05, 0.1) is 0 Å². The van der Waals surface area contributed by atoms with Crippen molar-refractivity contribution in [2.45, 2.75) is 20.5 Å². The summed E-state index contributed by atoms with van der Waals surface area (Å²) in [5.74, 6) is 0.307. The Balaban J connectivity index is 2.41. The lowest BCUT2D eigenvalue weighted by Crippen LogP contribution is -2.20. The molecule has 0 aliphatic rings. The first-order valence-corrected chi connectivity index (χ1v) is 3.85. The molecule has 0 radical (unpaired) electrons. The second kappa shape index (κ2) is 4.51. The Bertz CT molecular complexity index is 301. The molecule has 1 heterocycles. The molecule has 0 spiro atoms. The lowest BCUT2D eigenvalue weighted by atomic mass is 10.4. The average molecular weight is 181 g/mol. The van der Waals surface area contributed by atoms with Gasteiger partial charge in [-0.1, -0.05) is 0 Å². The van der Waals surface area contributed by atoms with Crippen LogP contribution in [0.3, 0.4) is 0 Å². The first kappa shape index (κ1) is 9.60. The normalized spacial score (nSPS) is 9.69. The van der Waals surface area contributed by atoms with E-state index in [2.05, 4.69) is 15.4 Å². The second-order valence-corrected chi connectivity index (χ2v) is 2.56. The van der Waals surface area contributed by atoms with Gasteiger partial charge in [0.1, 0.15) is 6.61 Å². The summed E-state index contributed by atoms with van der Waals surface area (Å²) in [4.78, 5) is 23.3. The van der Waals surface area contributed by atoms with E-state index in [-0.39, 0.29) is 12.5 Å². The number of nitrogens with one attached hydrogen (secondary N) is 1. The first-order chi connectivity index (χ1) is 6.18. The van der Waals surface area contributed by atoms with Crippen molar-refractivity contribution in [2.24, 2.45) is 0 Å². The van der Waals surface area contributed by atoms with Crippen LogP contribution in [-0.2, 0) is 16.2 Å². The summed E-state index contributed by atoms with van der Waals surface area (Å²) in [6.07, 6.45) is 1.65. The molecule has 0 aliphatic carbocycles. The fourth-order valence-electron chi connectivity index (χ4n) is 0.773. The number of aryl methyl sites for hydroxylation is 1. The average Bonchev–Trinajstić information content (AvgIpc) is 2.03. The van der Waals surface area contributed by atoms with Crippen LogP contribution in [0.15, 0.2) is 12.3 Å². The SMILES string of the molecule is CC(=O)NOCc1nccc(C)n1. The molecule has 1 N–H and O–H groups in total. The van der Waals surface area contributed by atoms with Crippen LogP contribution in [0, 0.1) is 6.92 Å². The van der Waals surface area contributed by atoms with E-state index in [1.165, 1.54) is 6.92 Å². The summed E-state index contributed by atoms with van der Waals surface area (Å²) in [6.45, 7) is 3.42. The molecule has 0 saturated heterocycles. The van der Waals surface area contributed by atoms with Crippen LogP contribution < -0.4 is 5.48 Å². The zero-order valence-corrected chi connectivity index (χ0v) is 7.57. The third kappa shape index (κ3) is 3.62. The summed E-state index contributed by atoms with van der Waals surface area (Å²) in [7, 11) is 0. The van der Waals surface area contributed by atoms with E-state index in [0.717, 1.165) is 5.69 Å². The van der Waals surface area contributed by atoms with Crippen LogP contribution in [0.2, 0.25) is 0 Å². The Kier molecular flexibility index (Phi) is 3.33. The van der Waals surface area contributed by atoms with Gasteiger partial charge in [-0.2, -0.15) is 0 Å². The number of nitrogens with zero attached hydrogens (tertiary/aromatic N) is 2. The fraction of sp³-hybridized carbons (Fsp3) is 0.375. The zero-order chi connectivity index (χ0) is 9.68. The molecule has 1 amide bonds. The predicted octanol–water partition coefficient (Wildman–Crippen LogP) is 0.353. The number of rotatable bonds is 3. The monoisotopic (exact) mass is 181 g/mol. The van der Waals surface area contributed by atoms with Gasteiger partial charge in [-0.3, -0.25) is 9.63 Å². The summed E-state index contributed by atoms with van der Waals surface area (Å²) in [5, 5.41) is 0. The number of hydrogen-bond acceptors (Lipinski definition) is 4. The minimum Gasteiger partial charge on any atom is -0.273 e. The van der Waals surface area contributed by atoms with Crippen LogP contribution in [0.25, 0.3) is 0 Å². The number of amides is 1. The van der Waals surface area contributed by atoms with Crippen molar-refractivity contribution in [2.75, 3.05) is 0 Å². The molecule has 0 atom stereocenters. The van der Waals surface area contributed by atoms with Gasteiger partial charge in [0.2, 0.25) is 5.91 Å². The molecule has 0 fully saturated rings. The van der Waals surface area contributed by atoms with Crippen LogP contribution in [-0.4, -0.2) is 15.9 Å². The van der Waals surface area contributed by atoms with Gasteiger partial charge in [0, 0.05) is 18.8 Å². The van der Waals surface area contributed by atoms with Crippen LogP contribution >= 0.6 is 0 Å². The molecule has 1 aromatic heterocycles. The topological polar surface area (TPSA) is 64.1 Å². The van der Waals surface area contributed by atoms with Crippen molar-refractivity contribution >= 4 is 5.91 Å². The lowest BCUT2D eigenvalue weighted by Gasteiger charge is -2.02. The molecule has 5 heteroatoms. The maximum Gasteiger partial charge on any atom is 0.240 e. The standard InChI is InChI=1S/C8H11N3O2/c1-6-3-4-9-8(10-6)5-13-11-7(2)12/h3-4H,5H2,1-2H3,(H,11,12). The van der Waals surface area contributed by atoms with Crippen molar-refractivity contribution in [1.82, 2.24) is 15.4 Å².